The number of benzene rings is 1. The molecule has 0 amide bonds. The second kappa shape index (κ2) is 7.41. The van der Waals surface area contributed by atoms with E-state index in [1.54, 1.807) is 28.4 Å². The van der Waals surface area contributed by atoms with Crippen molar-refractivity contribution in [3.63, 3.8) is 0 Å². The van der Waals surface area contributed by atoms with Crippen molar-refractivity contribution in [2.75, 3.05) is 33.8 Å². The maximum absolute atomic E-state index is 5.46. The molecule has 1 aromatic carbocycles. The fraction of sp³-hybridized carbons (Fsp3) is 0.625. The zero-order valence-corrected chi connectivity index (χ0v) is 14.1. The number of nitrogens with one attached hydrogen (secondary N) is 1. The van der Waals surface area contributed by atoms with Crippen LogP contribution < -0.4 is 19.5 Å². The van der Waals surface area contributed by atoms with E-state index < -0.39 is 0 Å². The molecule has 1 rings (SSSR count). The summed E-state index contributed by atoms with van der Waals surface area (Å²) in [5, 5.41) is 3.44. The smallest absolute Gasteiger partial charge is 0.203 e. The van der Waals surface area contributed by atoms with Crippen LogP contribution in [0.25, 0.3) is 0 Å². The Morgan fingerprint density at radius 1 is 1.00 bits per heavy atom. The lowest BCUT2D eigenvalue weighted by atomic mass is 9.99. The van der Waals surface area contributed by atoms with E-state index in [1.165, 1.54) is 0 Å². The molecule has 0 fully saturated rings. The summed E-state index contributed by atoms with van der Waals surface area (Å²) in [6, 6.07) is 4.04. The minimum atomic E-state index is -0.174. The molecule has 0 heterocycles. The molecule has 0 radical (unpaired) electrons. The van der Waals surface area contributed by atoms with Crippen molar-refractivity contribution in [3.8, 4) is 17.2 Å². The number of methoxy groups -OCH3 is 4. The van der Waals surface area contributed by atoms with Crippen LogP contribution in [0.15, 0.2) is 12.1 Å². The summed E-state index contributed by atoms with van der Waals surface area (Å²) in [6.45, 7) is 6.25. The number of anilines is 1. The average molecular weight is 297 g/mol. The van der Waals surface area contributed by atoms with E-state index in [1.807, 2.05) is 12.1 Å². The van der Waals surface area contributed by atoms with Gasteiger partial charge in [0.15, 0.2) is 11.5 Å². The predicted octanol–water partition coefficient (Wildman–Crippen LogP) is 3.33. The van der Waals surface area contributed by atoms with Crippen LogP contribution >= 0.6 is 0 Å². The third kappa shape index (κ3) is 4.70. The molecule has 0 saturated heterocycles. The molecule has 0 saturated carbocycles. The van der Waals surface area contributed by atoms with Gasteiger partial charge in [0.05, 0.1) is 26.9 Å². The van der Waals surface area contributed by atoms with E-state index >= 15 is 0 Å². The van der Waals surface area contributed by atoms with E-state index in [4.69, 9.17) is 18.9 Å². The Morgan fingerprint density at radius 2 is 1.52 bits per heavy atom. The molecule has 1 N–H and O–H groups in total. The number of hydrogen-bond acceptors (Lipinski definition) is 5. The highest BCUT2D eigenvalue weighted by Crippen LogP contribution is 2.40. The summed E-state index contributed by atoms with van der Waals surface area (Å²) in [7, 11) is 6.54. The maximum atomic E-state index is 5.46. The Morgan fingerprint density at radius 3 is 1.90 bits per heavy atom. The molecule has 0 bridgehead atoms. The second-order valence-electron chi connectivity index (χ2n) is 5.63. The van der Waals surface area contributed by atoms with Crippen LogP contribution in [-0.2, 0) is 4.74 Å². The van der Waals surface area contributed by atoms with Gasteiger partial charge in [0.2, 0.25) is 5.75 Å². The van der Waals surface area contributed by atoms with Gasteiger partial charge in [-0.25, -0.2) is 0 Å². The lowest BCUT2D eigenvalue weighted by Gasteiger charge is -2.28. The third-order valence-electron chi connectivity index (χ3n) is 3.43. The first-order valence-electron chi connectivity index (χ1n) is 6.98. The molecule has 21 heavy (non-hydrogen) atoms. The fourth-order valence-electron chi connectivity index (χ4n) is 2.32. The number of hydrogen-bond donors (Lipinski definition) is 1. The molecule has 0 aliphatic heterocycles. The van der Waals surface area contributed by atoms with Crippen LogP contribution in [-0.4, -0.2) is 40.1 Å². The highest BCUT2D eigenvalue weighted by molar-refractivity contribution is 5.62. The SMILES string of the molecule is COc1cc(NC(C)CC(C)(C)OC)cc(OC)c1OC. The van der Waals surface area contributed by atoms with Gasteiger partial charge < -0.3 is 24.3 Å². The number of ether oxygens (including phenoxy) is 4. The monoisotopic (exact) mass is 297 g/mol. The summed E-state index contributed by atoms with van der Waals surface area (Å²) >= 11 is 0. The number of rotatable bonds is 8. The molecule has 120 valence electrons. The van der Waals surface area contributed by atoms with Gasteiger partial charge in [0.1, 0.15) is 0 Å². The van der Waals surface area contributed by atoms with E-state index in [0.29, 0.717) is 17.2 Å². The second-order valence-corrected chi connectivity index (χ2v) is 5.63. The topological polar surface area (TPSA) is 49.0 Å². The quantitative estimate of drug-likeness (QED) is 0.797. The van der Waals surface area contributed by atoms with E-state index in [-0.39, 0.29) is 11.6 Å². The first-order valence-corrected chi connectivity index (χ1v) is 6.98. The minimum absolute atomic E-state index is 0.174. The summed E-state index contributed by atoms with van der Waals surface area (Å²) in [5.41, 5.74) is 0.747. The van der Waals surface area contributed by atoms with Crippen molar-refractivity contribution >= 4 is 5.69 Å². The Bertz CT molecular complexity index is 435. The van der Waals surface area contributed by atoms with Crippen LogP contribution in [0.4, 0.5) is 5.69 Å². The fourth-order valence-corrected chi connectivity index (χ4v) is 2.32. The molecule has 1 atom stereocenters. The molecule has 5 heteroatoms. The molecule has 0 aromatic heterocycles. The summed E-state index contributed by atoms with van der Waals surface area (Å²) < 4.78 is 21.5. The van der Waals surface area contributed by atoms with E-state index in [9.17, 15) is 0 Å². The summed E-state index contributed by atoms with van der Waals surface area (Å²) in [4.78, 5) is 0. The Kier molecular flexibility index (Phi) is 6.15. The van der Waals surface area contributed by atoms with Crippen LogP contribution in [0.5, 0.6) is 17.2 Å². The van der Waals surface area contributed by atoms with Crippen molar-refractivity contribution in [1.29, 1.82) is 0 Å². The summed E-state index contributed by atoms with van der Waals surface area (Å²) in [6.07, 6.45) is 0.875. The molecule has 5 nitrogen and oxygen atoms in total. The molecular weight excluding hydrogens is 270 g/mol. The van der Waals surface area contributed by atoms with E-state index in [2.05, 4.69) is 26.1 Å². The highest BCUT2D eigenvalue weighted by Gasteiger charge is 2.21. The van der Waals surface area contributed by atoms with Gasteiger partial charge in [0.25, 0.3) is 0 Å². The lowest BCUT2D eigenvalue weighted by Crippen LogP contribution is -2.31. The zero-order chi connectivity index (χ0) is 16.0. The van der Waals surface area contributed by atoms with Crippen molar-refractivity contribution in [2.24, 2.45) is 0 Å². The van der Waals surface area contributed by atoms with Crippen LogP contribution in [0, 0.1) is 0 Å². The lowest BCUT2D eigenvalue weighted by molar-refractivity contribution is 0.0128. The Hall–Kier alpha value is -1.62. The van der Waals surface area contributed by atoms with Crippen molar-refractivity contribution in [2.45, 2.75) is 38.8 Å². The molecule has 0 aliphatic carbocycles. The first-order chi connectivity index (χ1) is 9.86. The van der Waals surface area contributed by atoms with Gasteiger partial charge in [-0.3, -0.25) is 0 Å². The van der Waals surface area contributed by atoms with Gasteiger partial charge in [-0.15, -0.1) is 0 Å². The van der Waals surface area contributed by atoms with Crippen LogP contribution in [0.1, 0.15) is 27.2 Å². The zero-order valence-electron chi connectivity index (χ0n) is 14.1. The van der Waals surface area contributed by atoms with Gasteiger partial charge >= 0.3 is 0 Å². The highest BCUT2D eigenvalue weighted by atomic mass is 16.5. The molecule has 1 aromatic rings. The predicted molar refractivity (Wildman–Crippen MR) is 84.9 cm³/mol. The Balaban J connectivity index is 2.93. The maximum Gasteiger partial charge on any atom is 0.203 e. The van der Waals surface area contributed by atoms with Crippen molar-refractivity contribution < 1.29 is 18.9 Å². The first kappa shape index (κ1) is 17.4. The molecule has 1 unspecified atom stereocenters. The third-order valence-corrected chi connectivity index (χ3v) is 3.43. The largest absolute Gasteiger partial charge is 0.493 e. The van der Waals surface area contributed by atoms with Gasteiger partial charge in [0, 0.05) is 31.0 Å². The molecule has 0 aliphatic rings. The van der Waals surface area contributed by atoms with Crippen LogP contribution in [0.3, 0.4) is 0 Å². The molecule has 0 spiro atoms. The average Bonchev–Trinajstić information content (AvgIpc) is 2.45. The van der Waals surface area contributed by atoms with E-state index in [0.717, 1.165) is 12.1 Å². The standard InChI is InChI=1S/C16H27NO4/c1-11(10-16(2,3)21-7)17-12-8-13(18-4)15(20-6)14(9-12)19-5/h8-9,11,17H,10H2,1-7H3. The van der Waals surface area contributed by atoms with Gasteiger partial charge in [-0.2, -0.15) is 0 Å². The van der Waals surface area contributed by atoms with Crippen LogP contribution in [0.2, 0.25) is 0 Å². The summed E-state index contributed by atoms with van der Waals surface area (Å²) in [5.74, 6) is 1.87. The van der Waals surface area contributed by atoms with Gasteiger partial charge in [-0.05, 0) is 27.2 Å². The minimum Gasteiger partial charge on any atom is -0.493 e. The Labute approximate surface area is 127 Å². The van der Waals surface area contributed by atoms with Gasteiger partial charge in [-0.1, -0.05) is 0 Å². The van der Waals surface area contributed by atoms with Crippen molar-refractivity contribution in [3.05, 3.63) is 12.1 Å². The molecular formula is C16H27NO4. The normalized spacial score (nSPS) is 12.7. The van der Waals surface area contributed by atoms with Crippen molar-refractivity contribution in [1.82, 2.24) is 0 Å².